The molecule has 29 heavy (non-hydrogen) atoms. The predicted octanol–water partition coefficient (Wildman–Crippen LogP) is 2.32. The summed E-state index contributed by atoms with van der Waals surface area (Å²) in [5.74, 6) is 0.332. The van der Waals surface area contributed by atoms with Crippen molar-refractivity contribution in [1.82, 2.24) is 19.3 Å². The van der Waals surface area contributed by atoms with E-state index in [1.807, 2.05) is 31.2 Å². The first kappa shape index (κ1) is 20.7. The summed E-state index contributed by atoms with van der Waals surface area (Å²) in [6, 6.07) is 15.6. The number of hydrogen-bond donors (Lipinski definition) is 0. The third kappa shape index (κ3) is 4.69. The van der Waals surface area contributed by atoms with Gasteiger partial charge in [-0.1, -0.05) is 47.6 Å². The first-order valence-corrected chi connectivity index (χ1v) is 10.4. The van der Waals surface area contributed by atoms with Crippen LogP contribution in [0.15, 0.2) is 64.0 Å². The molecule has 1 amide bonds. The fraction of sp³-hybridized carbons (Fsp3) is 0.250. The monoisotopic (exact) mass is 414 g/mol. The molecule has 0 bridgehead atoms. The lowest BCUT2D eigenvalue weighted by Crippen LogP contribution is -2.39. The quantitative estimate of drug-likeness (QED) is 0.589. The summed E-state index contributed by atoms with van der Waals surface area (Å²) in [4.78, 5) is 18.3. The maximum Gasteiger partial charge on any atom is 0.246 e. The number of hydrogen-bond acceptors (Lipinski definition) is 6. The number of sulfonamides is 1. The fourth-order valence-corrected chi connectivity index (χ4v) is 3.85. The molecule has 0 saturated heterocycles. The third-order valence-corrected chi connectivity index (χ3v) is 6.28. The Labute approximate surface area is 169 Å². The molecular formula is C20H22N4O4S. The summed E-state index contributed by atoms with van der Waals surface area (Å²) < 4.78 is 31.4. The highest BCUT2D eigenvalue weighted by Crippen LogP contribution is 2.20. The largest absolute Gasteiger partial charge is 0.337 e. The van der Waals surface area contributed by atoms with Crippen molar-refractivity contribution >= 4 is 15.9 Å². The van der Waals surface area contributed by atoms with Crippen LogP contribution >= 0.6 is 0 Å². The second kappa shape index (κ2) is 8.54. The Bertz CT molecular complexity index is 1100. The van der Waals surface area contributed by atoms with Gasteiger partial charge in [-0.05, 0) is 24.6 Å². The van der Waals surface area contributed by atoms with Crippen molar-refractivity contribution in [1.29, 1.82) is 0 Å². The number of amides is 1. The van der Waals surface area contributed by atoms with Gasteiger partial charge in [-0.2, -0.15) is 9.29 Å². The molecule has 9 heteroatoms. The van der Waals surface area contributed by atoms with Gasteiger partial charge in [0.15, 0.2) is 0 Å². The van der Waals surface area contributed by atoms with Crippen LogP contribution in [0.5, 0.6) is 0 Å². The van der Waals surface area contributed by atoms with E-state index >= 15 is 0 Å². The molecule has 1 heterocycles. The van der Waals surface area contributed by atoms with Crippen LogP contribution in [0, 0.1) is 6.92 Å². The number of carbonyl (C=O) groups excluding carboxylic acids is 1. The van der Waals surface area contributed by atoms with Crippen molar-refractivity contribution in [3.8, 4) is 11.4 Å². The molecule has 0 atom stereocenters. The van der Waals surface area contributed by atoms with Gasteiger partial charge < -0.3 is 9.42 Å². The molecule has 3 aromatic rings. The van der Waals surface area contributed by atoms with Crippen molar-refractivity contribution in [2.45, 2.75) is 18.4 Å². The minimum Gasteiger partial charge on any atom is -0.337 e. The van der Waals surface area contributed by atoms with E-state index in [4.69, 9.17) is 4.52 Å². The number of aromatic nitrogens is 2. The summed E-state index contributed by atoms with van der Waals surface area (Å²) in [6.07, 6.45) is 0. The zero-order valence-electron chi connectivity index (χ0n) is 16.4. The molecule has 3 rings (SSSR count). The van der Waals surface area contributed by atoms with Crippen molar-refractivity contribution in [3.05, 3.63) is 66.1 Å². The molecule has 8 nitrogen and oxygen atoms in total. The van der Waals surface area contributed by atoms with E-state index in [0.717, 1.165) is 15.4 Å². The summed E-state index contributed by atoms with van der Waals surface area (Å²) in [5, 5.41) is 3.97. The van der Waals surface area contributed by atoms with Gasteiger partial charge in [0.05, 0.1) is 18.0 Å². The van der Waals surface area contributed by atoms with Crippen LogP contribution in [0.4, 0.5) is 0 Å². The topological polar surface area (TPSA) is 96.6 Å². The molecule has 0 N–H and O–H groups in total. The lowest BCUT2D eigenvalue weighted by Gasteiger charge is -2.20. The molecule has 0 saturated carbocycles. The van der Waals surface area contributed by atoms with E-state index in [-0.39, 0.29) is 29.8 Å². The van der Waals surface area contributed by atoms with Crippen molar-refractivity contribution < 1.29 is 17.7 Å². The zero-order chi connectivity index (χ0) is 21.0. The average Bonchev–Trinajstić information content (AvgIpc) is 3.17. The second-order valence-electron chi connectivity index (χ2n) is 6.65. The standard InChI is InChI=1S/C20H22N4O4S/c1-15-9-7-8-12-17(15)20-21-18(28-22-20)13-23(2)19(25)14-24(3)29(26,27)16-10-5-4-6-11-16/h4-12H,13-14H2,1-3H3. The second-order valence-corrected chi connectivity index (χ2v) is 8.70. The van der Waals surface area contributed by atoms with Crippen LogP contribution in [0.25, 0.3) is 11.4 Å². The highest BCUT2D eigenvalue weighted by Gasteiger charge is 2.24. The smallest absolute Gasteiger partial charge is 0.246 e. The zero-order valence-corrected chi connectivity index (χ0v) is 17.3. The van der Waals surface area contributed by atoms with Gasteiger partial charge in [-0.15, -0.1) is 0 Å². The van der Waals surface area contributed by atoms with Crippen LogP contribution < -0.4 is 0 Å². The van der Waals surface area contributed by atoms with Gasteiger partial charge >= 0.3 is 0 Å². The first-order chi connectivity index (χ1) is 13.8. The van der Waals surface area contributed by atoms with E-state index in [1.54, 1.807) is 25.2 Å². The number of nitrogens with zero attached hydrogens (tertiary/aromatic N) is 4. The van der Waals surface area contributed by atoms with Gasteiger partial charge in [0.25, 0.3) is 0 Å². The number of carbonyl (C=O) groups is 1. The molecule has 2 aromatic carbocycles. The van der Waals surface area contributed by atoms with Crippen LogP contribution in [-0.4, -0.2) is 54.3 Å². The summed E-state index contributed by atoms with van der Waals surface area (Å²) in [6.45, 7) is 1.73. The Morgan fingerprint density at radius 2 is 1.69 bits per heavy atom. The normalized spacial score (nSPS) is 11.6. The van der Waals surface area contributed by atoms with Gasteiger partial charge in [0, 0.05) is 19.7 Å². The first-order valence-electron chi connectivity index (χ1n) is 8.93. The van der Waals surface area contributed by atoms with E-state index in [1.165, 1.54) is 24.1 Å². The lowest BCUT2D eigenvalue weighted by atomic mass is 10.1. The van der Waals surface area contributed by atoms with Gasteiger partial charge in [-0.3, -0.25) is 4.79 Å². The van der Waals surface area contributed by atoms with Crippen molar-refractivity contribution in [2.24, 2.45) is 0 Å². The minimum atomic E-state index is -3.74. The third-order valence-electron chi connectivity index (χ3n) is 4.46. The van der Waals surface area contributed by atoms with E-state index in [9.17, 15) is 13.2 Å². The summed E-state index contributed by atoms with van der Waals surface area (Å²) in [7, 11) is -0.812. The highest BCUT2D eigenvalue weighted by atomic mass is 32.2. The highest BCUT2D eigenvalue weighted by molar-refractivity contribution is 7.89. The molecule has 0 aliphatic rings. The molecule has 0 unspecified atom stereocenters. The molecular weight excluding hydrogens is 392 g/mol. The van der Waals surface area contributed by atoms with Gasteiger partial charge in [0.2, 0.25) is 27.6 Å². The number of rotatable bonds is 7. The Morgan fingerprint density at radius 1 is 1.03 bits per heavy atom. The molecule has 152 valence electrons. The van der Waals surface area contributed by atoms with Crippen molar-refractivity contribution in [2.75, 3.05) is 20.6 Å². The number of likely N-dealkylation sites (N-methyl/N-ethyl adjacent to an activating group) is 2. The molecule has 0 spiro atoms. The SMILES string of the molecule is Cc1ccccc1-c1noc(CN(C)C(=O)CN(C)S(=O)(=O)c2ccccc2)n1. The number of benzene rings is 2. The van der Waals surface area contributed by atoms with E-state index < -0.39 is 10.0 Å². The maximum absolute atomic E-state index is 12.6. The Morgan fingerprint density at radius 3 is 2.38 bits per heavy atom. The Balaban J connectivity index is 1.65. The van der Waals surface area contributed by atoms with Gasteiger partial charge in [0.1, 0.15) is 0 Å². The summed E-state index contributed by atoms with van der Waals surface area (Å²) >= 11 is 0. The van der Waals surface area contributed by atoms with Gasteiger partial charge in [-0.25, -0.2) is 8.42 Å². The minimum absolute atomic E-state index is 0.0803. The van der Waals surface area contributed by atoms with Crippen LogP contribution in [0.1, 0.15) is 11.5 Å². The summed E-state index contributed by atoms with van der Waals surface area (Å²) in [5.41, 5.74) is 1.86. The van der Waals surface area contributed by atoms with Crippen LogP contribution in [-0.2, 0) is 21.4 Å². The molecule has 0 fully saturated rings. The molecule has 0 aliphatic carbocycles. The lowest BCUT2D eigenvalue weighted by molar-refractivity contribution is -0.130. The molecule has 0 aliphatic heterocycles. The number of aryl methyl sites for hydroxylation is 1. The maximum atomic E-state index is 12.6. The molecule has 0 radical (unpaired) electrons. The van der Waals surface area contributed by atoms with Crippen LogP contribution in [0.2, 0.25) is 0 Å². The fourth-order valence-electron chi connectivity index (χ4n) is 2.71. The Kier molecular flexibility index (Phi) is 6.09. The molecule has 1 aromatic heterocycles. The Hall–Kier alpha value is -3.04. The van der Waals surface area contributed by atoms with Crippen LogP contribution in [0.3, 0.4) is 0 Å². The predicted molar refractivity (Wildman–Crippen MR) is 107 cm³/mol. The average molecular weight is 414 g/mol. The van der Waals surface area contributed by atoms with E-state index in [2.05, 4.69) is 10.1 Å². The van der Waals surface area contributed by atoms with E-state index in [0.29, 0.717) is 5.82 Å². The van der Waals surface area contributed by atoms with Crippen molar-refractivity contribution in [3.63, 3.8) is 0 Å².